The number of esters is 3. The molecule has 0 radical (unpaired) electrons. The fourth-order valence-electron chi connectivity index (χ4n) is 4.25. The van der Waals surface area contributed by atoms with Crippen molar-refractivity contribution in [2.24, 2.45) is 17.3 Å². The molecule has 0 aromatic carbocycles. The average molecular weight is 406 g/mol. The number of aliphatic hydroxyl groups excluding tert-OH is 2. The van der Waals surface area contributed by atoms with Crippen molar-refractivity contribution in [2.75, 3.05) is 20.3 Å². The highest BCUT2D eigenvalue weighted by atomic mass is 16.6. The lowest BCUT2D eigenvalue weighted by molar-refractivity contribution is -0.184. The molecule has 0 aromatic rings. The fourth-order valence-corrected chi connectivity index (χ4v) is 4.25. The van der Waals surface area contributed by atoms with Gasteiger partial charge in [0.15, 0.2) is 0 Å². The molecule has 29 heavy (non-hydrogen) atoms. The Hall–Kier alpha value is -2.71. The number of methoxy groups -OCH3 is 1. The van der Waals surface area contributed by atoms with E-state index in [4.69, 9.17) is 19.3 Å². The summed E-state index contributed by atoms with van der Waals surface area (Å²) in [5, 5.41) is 20.4. The minimum absolute atomic E-state index is 0.0367. The minimum Gasteiger partial charge on any atom is -0.466 e. The van der Waals surface area contributed by atoms with Crippen molar-refractivity contribution in [1.29, 1.82) is 0 Å². The third kappa shape index (κ3) is 4.04. The van der Waals surface area contributed by atoms with Crippen LogP contribution < -0.4 is 0 Å². The molecule has 0 bridgehead atoms. The predicted molar refractivity (Wildman–Crippen MR) is 102 cm³/mol. The number of hydrogen-bond donors (Lipinski definition) is 2. The van der Waals surface area contributed by atoms with Crippen LogP contribution >= 0.6 is 0 Å². The SMILES string of the molecule is C=CCC12COC(=O)C(=C)C1C(O)C(C(=C)C(=O)OC)C(OC(=O)C(=C)CO)C2. The van der Waals surface area contributed by atoms with Crippen molar-refractivity contribution in [3.8, 4) is 0 Å². The maximum atomic E-state index is 12.3. The summed E-state index contributed by atoms with van der Waals surface area (Å²) in [5.74, 6) is -4.10. The zero-order valence-electron chi connectivity index (χ0n) is 16.4. The van der Waals surface area contributed by atoms with E-state index in [0.717, 1.165) is 7.11 Å². The van der Waals surface area contributed by atoms with Crippen molar-refractivity contribution in [1.82, 2.24) is 0 Å². The Labute approximate surface area is 169 Å². The molecule has 2 N–H and O–H groups in total. The second-order valence-electron chi connectivity index (χ2n) is 7.38. The highest BCUT2D eigenvalue weighted by Gasteiger charge is 2.59. The Kier molecular flexibility index (Phi) is 6.81. The standard InChI is InChI=1S/C21H26O8/c1-6-7-21-8-14(29-18(24)11(2)9-22)15(12(3)19(25)27-5)17(23)16(21)13(4)20(26)28-10-21/h6,14-17,22-23H,1-4,7-10H2,5H3. The Bertz CT molecular complexity index is 767. The lowest BCUT2D eigenvalue weighted by Crippen LogP contribution is -2.59. The number of allylic oxidation sites excluding steroid dienone is 1. The first-order valence-electron chi connectivity index (χ1n) is 9.05. The molecule has 2 fully saturated rings. The third-order valence-electron chi connectivity index (χ3n) is 5.64. The Balaban J connectivity index is 2.52. The van der Waals surface area contributed by atoms with Crippen LogP contribution in [-0.2, 0) is 28.6 Å². The Morgan fingerprint density at radius 2 is 2.00 bits per heavy atom. The van der Waals surface area contributed by atoms with Gasteiger partial charge >= 0.3 is 17.9 Å². The first kappa shape index (κ1) is 22.6. The molecule has 1 aliphatic heterocycles. The summed E-state index contributed by atoms with van der Waals surface area (Å²) in [5.41, 5.74) is -1.05. The summed E-state index contributed by atoms with van der Waals surface area (Å²) in [4.78, 5) is 36.5. The molecule has 1 saturated heterocycles. The van der Waals surface area contributed by atoms with E-state index in [-0.39, 0.29) is 29.7 Å². The number of carbonyl (C=O) groups is 3. The molecule has 2 aliphatic rings. The van der Waals surface area contributed by atoms with Gasteiger partial charge in [-0.3, -0.25) is 0 Å². The molecule has 8 heteroatoms. The number of rotatable bonds is 7. The summed E-state index contributed by atoms with van der Waals surface area (Å²) >= 11 is 0. The molecule has 1 heterocycles. The Morgan fingerprint density at radius 3 is 2.55 bits per heavy atom. The van der Waals surface area contributed by atoms with E-state index in [1.54, 1.807) is 6.08 Å². The van der Waals surface area contributed by atoms with Crippen LogP contribution in [0, 0.1) is 17.3 Å². The van der Waals surface area contributed by atoms with Gasteiger partial charge in [-0.15, -0.1) is 6.58 Å². The summed E-state index contributed by atoms with van der Waals surface area (Å²) in [6.45, 7) is 14.0. The van der Waals surface area contributed by atoms with Crippen LogP contribution in [0.25, 0.3) is 0 Å². The number of fused-ring (bicyclic) bond motifs is 1. The van der Waals surface area contributed by atoms with Gasteiger partial charge in [-0.1, -0.05) is 25.8 Å². The monoisotopic (exact) mass is 406 g/mol. The van der Waals surface area contributed by atoms with E-state index in [0.29, 0.717) is 6.42 Å². The van der Waals surface area contributed by atoms with Crippen LogP contribution in [0.4, 0.5) is 0 Å². The first-order valence-corrected chi connectivity index (χ1v) is 9.05. The lowest BCUT2D eigenvalue weighted by Gasteiger charge is -2.53. The summed E-state index contributed by atoms with van der Waals surface area (Å²) in [7, 11) is 1.16. The van der Waals surface area contributed by atoms with Crippen LogP contribution in [0.5, 0.6) is 0 Å². The normalized spacial score (nSPS) is 31.1. The smallest absolute Gasteiger partial charge is 0.336 e. The molecular weight excluding hydrogens is 380 g/mol. The zero-order valence-corrected chi connectivity index (χ0v) is 16.4. The van der Waals surface area contributed by atoms with Gasteiger partial charge < -0.3 is 24.4 Å². The van der Waals surface area contributed by atoms with Gasteiger partial charge in [-0.2, -0.15) is 0 Å². The highest BCUT2D eigenvalue weighted by molar-refractivity contribution is 5.91. The van der Waals surface area contributed by atoms with Crippen LogP contribution in [-0.4, -0.2) is 60.7 Å². The van der Waals surface area contributed by atoms with Crippen molar-refractivity contribution in [2.45, 2.75) is 25.0 Å². The number of cyclic esters (lactones) is 1. The second kappa shape index (κ2) is 8.75. The van der Waals surface area contributed by atoms with Crippen LogP contribution in [0.1, 0.15) is 12.8 Å². The van der Waals surface area contributed by atoms with E-state index in [9.17, 15) is 19.5 Å². The summed E-state index contributed by atoms with van der Waals surface area (Å²) in [6, 6.07) is 0. The number of hydrogen-bond acceptors (Lipinski definition) is 8. The zero-order chi connectivity index (χ0) is 21.9. The molecule has 5 atom stereocenters. The molecule has 0 spiro atoms. The van der Waals surface area contributed by atoms with Crippen molar-refractivity contribution >= 4 is 17.9 Å². The molecule has 0 amide bonds. The van der Waals surface area contributed by atoms with E-state index < -0.39 is 54.0 Å². The second-order valence-corrected chi connectivity index (χ2v) is 7.38. The molecule has 1 aliphatic carbocycles. The molecule has 158 valence electrons. The highest BCUT2D eigenvalue weighted by Crippen LogP contribution is 2.54. The largest absolute Gasteiger partial charge is 0.466 e. The molecule has 2 rings (SSSR count). The van der Waals surface area contributed by atoms with Crippen molar-refractivity contribution in [3.63, 3.8) is 0 Å². The van der Waals surface area contributed by atoms with E-state index >= 15 is 0 Å². The van der Waals surface area contributed by atoms with Gasteiger partial charge in [-0.05, 0) is 12.8 Å². The summed E-state index contributed by atoms with van der Waals surface area (Å²) in [6.07, 6.45) is -0.234. The van der Waals surface area contributed by atoms with Gasteiger partial charge in [0.05, 0.1) is 37.9 Å². The number of aliphatic hydroxyl groups is 2. The van der Waals surface area contributed by atoms with Gasteiger partial charge in [0, 0.05) is 22.5 Å². The van der Waals surface area contributed by atoms with E-state index in [2.05, 4.69) is 26.3 Å². The minimum atomic E-state index is -1.32. The van der Waals surface area contributed by atoms with Crippen LogP contribution in [0.15, 0.2) is 49.1 Å². The summed E-state index contributed by atoms with van der Waals surface area (Å²) < 4.78 is 15.4. The van der Waals surface area contributed by atoms with Gasteiger partial charge in [0.2, 0.25) is 0 Å². The van der Waals surface area contributed by atoms with Crippen molar-refractivity contribution in [3.05, 3.63) is 49.1 Å². The first-order chi connectivity index (χ1) is 13.6. The number of carbonyl (C=O) groups excluding carboxylic acids is 3. The quantitative estimate of drug-likeness (QED) is 0.276. The maximum Gasteiger partial charge on any atom is 0.336 e. The fraction of sp³-hybridized carbons (Fsp3) is 0.476. The molecule has 0 aromatic heterocycles. The molecule has 1 saturated carbocycles. The predicted octanol–water partition coefficient (Wildman–Crippen LogP) is 0.848. The van der Waals surface area contributed by atoms with Crippen molar-refractivity contribution < 1.29 is 38.8 Å². The van der Waals surface area contributed by atoms with E-state index in [1.807, 2.05) is 0 Å². The topological polar surface area (TPSA) is 119 Å². The van der Waals surface area contributed by atoms with Gasteiger partial charge in [-0.25, -0.2) is 14.4 Å². The average Bonchev–Trinajstić information content (AvgIpc) is 2.69. The van der Waals surface area contributed by atoms with E-state index in [1.165, 1.54) is 0 Å². The van der Waals surface area contributed by atoms with Gasteiger partial charge in [0.25, 0.3) is 0 Å². The van der Waals surface area contributed by atoms with Crippen LogP contribution in [0.2, 0.25) is 0 Å². The molecular formula is C21H26O8. The van der Waals surface area contributed by atoms with Gasteiger partial charge in [0.1, 0.15) is 6.10 Å². The third-order valence-corrected chi connectivity index (χ3v) is 5.64. The maximum absolute atomic E-state index is 12.3. The molecule has 5 unspecified atom stereocenters. The molecule has 8 nitrogen and oxygen atoms in total. The van der Waals surface area contributed by atoms with Crippen LogP contribution in [0.3, 0.4) is 0 Å². The lowest BCUT2D eigenvalue weighted by atomic mass is 9.55. The Morgan fingerprint density at radius 1 is 1.34 bits per heavy atom. The number of ether oxygens (including phenoxy) is 3.